The van der Waals surface area contributed by atoms with Crippen LogP contribution >= 0.6 is 0 Å². The number of furan rings is 1. The zero-order valence-electron chi connectivity index (χ0n) is 8.72. The van der Waals surface area contributed by atoms with Crippen LogP contribution in [-0.4, -0.2) is 32.1 Å². The van der Waals surface area contributed by atoms with E-state index >= 15 is 0 Å². The molecule has 86 valence electrons. The fourth-order valence-electron chi connectivity index (χ4n) is 1.16. The van der Waals surface area contributed by atoms with Gasteiger partial charge in [0.15, 0.2) is 0 Å². The van der Waals surface area contributed by atoms with Crippen molar-refractivity contribution in [3.8, 4) is 0 Å². The molecule has 2 N–H and O–H groups in total. The number of nitrogens with two attached hydrogens (primary N) is 1. The first-order valence-corrected chi connectivity index (χ1v) is 6.32. The van der Waals surface area contributed by atoms with E-state index in [1.54, 1.807) is 13.1 Å². The first-order valence-electron chi connectivity index (χ1n) is 4.71. The third-order valence-corrected chi connectivity index (χ3v) is 3.95. The molecule has 1 heterocycles. The molecule has 0 saturated heterocycles. The second-order valence-corrected chi connectivity index (χ2v) is 5.54. The van der Waals surface area contributed by atoms with Crippen molar-refractivity contribution in [2.45, 2.75) is 13.0 Å². The average Bonchev–Trinajstić information content (AvgIpc) is 2.67. The molecule has 0 bridgehead atoms. The van der Waals surface area contributed by atoms with Crippen molar-refractivity contribution in [3.63, 3.8) is 0 Å². The van der Waals surface area contributed by atoms with E-state index in [1.165, 1.54) is 16.8 Å². The summed E-state index contributed by atoms with van der Waals surface area (Å²) in [7, 11) is -1.63. The number of sulfonamides is 1. The molecule has 0 aliphatic rings. The summed E-state index contributed by atoms with van der Waals surface area (Å²) >= 11 is 0. The Morgan fingerprint density at radius 1 is 1.53 bits per heavy atom. The fourth-order valence-corrected chi connectivity index (χ4v) is 2.35. The van der Waals surface area contributed by atoms with Gasteiger partial charge in [-0.1, -0.05) is 0 Å². The number of nitrogens with zero attached hydrogens (tertiary/aromatic N) is 1. The molecule has 6 heteroatoms. The van der Waals surface area contributed by atoms with Gasteiger partial charge in [0.05, 0.1) is 18.3 Å². The van der Waals surface area contributed by atoms with E-state index in [9.17, 15) is 8.42 Å². The SMILES string of the molecule is CN(Cc1ccoc1)S(=O)(=O)CCCN. The number of hydrogen-bond acceptors (Lipinski definition) is 4. The van der Waals surface area contributed by atoms with E-state index < -0.39 is 10.0 Å². The van der Waals surface area contributed by atoms with Gasteiger partial charge in [0.25, 0.3) is 0 Å². The highest BCUT2D eigenvalue weighted by atomic mass is 32.2. The highest BCUT2D eigenvalue weighted by Gasteiger charge is 2.17. The first kappa shape index (κ1) is 12.2. The quantitative estimate of drug-likeness (QED) is 0.769. The minimum Gasteiger partial charge on any atom is -0.472 e. The van der Waals surface area contributed by atoms with Crippen LogP contribution in [0, 0.1) is 0 Å². The summed E-state index contributed by atoms with van der Waals surface area (Å²) in [6, 6.07) is 1.74. The molecule has 1 rings (SSSR count). The first-order chi connectivity index (χ1) is 7.06. The van der Waals surface area contributed by atoms with Crippen LogP contribution in [-0.2, 0) is 16.6 Å². The van der Waals surface area contributed by atoms with E-state index in [-0.39, 0.29) is 5.75 Å². The van der Waals surface area contributed by atoms with Gasteiger partial charge in [-0.3, -0.25) is 0 Å². The molecule has 1 aromatic rings. The lowest BCUT2D eigenvalue weighted by atomic mass is 10.3. The highest BCUT2D eigenvalue weighted by Crippen LogP contribution is 2.08. The molecule has 5 nitrogen and oxygen atoms in total. The zero-order valence-corrected chi connectivity index (χ0v) is 9.53. The van der Waals surface area contributed by atoms with Crippen LogP contribution in [0.5, 0.6) is 0 Å². The van der Waals surface area contributed by atoms with E-state index in [0.29, 0.717) is 19.5 Å². The van der Waals surface area contributed by atoms with Gasteiger partial charge in [-0.25, -0.2) is 12.7 Å². The van der Waals surface area contributed by atoms with Crippen molar-refractivity contribution in [2.75, 3.05) is 19.3 Å². The third-order valence-electron chi connectivity index (χ3n) is 2.07. The minimum atomic E-state index is -3.19. The normalized spacial score (nSPS) is 12.2. The summed E-state index contributed by atoms with van der Waals surface area (Å²) in [5.41, 5.74) is 6.12. The monoisotopic (exact) mass is 232 g/mol. The molecular weight excluding hydrogens is 216 g/mol. The minimum absolute atomic E-state index is 0.0951. The molecule has 0 amide bonds. The lowest BCUT2D eigenvalue weighted by molar-refractivity contribution is 0.462. The Morgan fingerprint density at radius 3 is 2.80 bits per heavy atom. The molecule has 15 heavy (non-hydrogen) atoms. The van der Waals surface area contributed by atoms with E-state index in [0.717, 1.165) is 5.56 Å². The molecule has 0 fully saturated rings. The van der Waals surface area contributed by atoms with Gasteiger partial charge in [0.1, 0.15) is 0 Å². The Labute approximate surface area is 89.9 Å². The topological polar surface area (TPSA) is 76.5 Å². The average molecular weight is 232 g/mol. The summed E-state index contributed by atoms with van der Waals surface area (Å²) < 4.78 is 29.5. The predicted molar refractivity (Wildman–Crippen MR) is 57.6 cm³/mol. The van der Waals surface area contributed by atoms with E-state index in [4.69, 9.17) is 10.2 Å². The summed E-state index contributed by atoms with van der Waals surface area (Å²) in [5, 5.41) is 0. The fraction of sp³-hybridized carbons (Fsp3) is 0.556. The van der Waals surface area contributed by atoms with Crippen LogP contribution < -0.4 is 5.73 Å². The Morgan fingerprint density at radius 2 is 2.27 bits per heavy atom. The van der Waals surface area contributed by atoms with Crippen molar-refractivity contribution in [1.82, 2.24) is 4.31 Å². The van der Waals surface area contributed by atoms with Gasteiger partial charge in [-0.15, -0.1) is 0 Å². The van der Waals surface area contributed by atoms with Crippen molar-refractivity contribution >= 4 is 10.0 Å². The Bertz CT molecular complexity index is 372. The van der Waals surface area contributed by atoms with Gasteiger partial charge in [-0.05, 0) is 19.0 Å². The van der Waals surface area contributed by atoms with Crippen LogP contribution in [0.25, 0.3) is 0 Å². The molecule has 0 aromatic carbocycles. The van der Waals surface area contributed by atoms with Crippen molar-refractivity contribution in [3.05, 3.63) is 24.2 Å². The van der Waals surface area contributed by atoms with E-state index in [1.807, 2.05) is 0 Å². The molecule has 1 aromatic heterocycles. The van der Waals surface area contributed by atoms with Crippen LogP contribution in [0.1, 0.15) is 12.0 Å². The van der Waals surface area contributed by atoms with Crippen LogP contribution in [0.2, 0.25) is 0 Å². The van der Waals surface area contributed by atoms with Gasteiger partial charge >= 0.3 is 0 Å². The van der Waals surface area contributed by atoms with Crippen LogP contribution in [0.15, 0.2) is 23.0 Å². The maximum Gasteiger partial charge on any atom is 0.214 e. The molecule has 0 spiro atoms. The van der Waals surface area contributed by atoms with E-state index in [2.05, 4.69) is 0 Å². The van der Waals surface area contributed by atoms with Crippen molar-refractivity contribution in [2.24, 2.45) is 5.73 Å². The Hall–Kier alpha value is -0.850. The van der Waals surface area contributed by atoms with Gasteiger partial charge in [0.2, 0.25) is 10.0 Å². The number of hydrogen-bond donors (Lipinski definition) is 1. The predicted octanol–water partition coefficient (Wildman–Crippen LogP) is 0.390. The standard InChI is InChI=1S/C9H16N2O3S/c1-11(7-9-3-5-14-8-9)15(12,13)6-2-4-10/h3,5,8H,2,4,6-7,10H2,1H3. The molecule has 0 unspecified atom stereocenters. The molecule has 0 aliphatic heterocycles. The Balaban J connectivity index is 2.56. The third kappa shape index (κ3) is 3.65. The van der Waals surface area contributed by atoms with Gasteiger partial charge in [0, 0.05) is 19.2 Å². The second-order valence-electron chi connectivity index (χ2n) is 3.35. The molecule has 0 atom stereocenters. The molecule has 0 aliphatic carbocycles. The lowest BCUT2D eigenvalue weighted by Gasteiger charge is -2.15. The summed E-state index contributed by atoms with van der Waals surface area (Å²) in [6.45, 7) is 0.724. The van der Waals surface area contributed by atoms with Gasteiger partial charge in [-0.2, -0.15) is 0 Å². The summed E-state index contributed by atoms with van der Waals surface area (Å²) in [6.07, 6.45) is 3.54. The van der Waals surface area contributed by atoms with Crippen molar-refractivity contribution < 1.29 is 12.8 Å². The molecule has 0 saturated carbocycles. The maximum atomic E-state index is 11.7. The largest absolute Gasteiger partial charge is 0.472 e. The maximum absolute atomic E-state index is 11.7. The Kier molecular flexibility index (Phi) is 4.31. The lowest BCUT2D eigenvalue weighted by Crippen LogP contribution is -2.29. The molecule has 0 radical (unpaired) electrons. The molecular formula is C9H16N2O3S. The summed E-state index contributed by atoms with van der Waals surface area (Å²) in [5.74, 6) is 0.0951. The van der Waals surface area contributed by atoms with Gasteiger partial charge < -0.3 is 10.2 Å². The van der Waals surface area contributed by atoms with Crippen LogP contribution in [0.4, 0.5) is 0 Å². The zero-order chi connectivity index (χ0) is 11.3. The smallest absolute Gasteiger partial charge is 0.214 e. The number of rotatable bonds is 6. The second kappa shape index (κ2) is 5.29. The highest BCUT2D eigenvalue weighted by molar-refractivity contribution is 7.89. The van der Waals surface area contributed by atoms with Crippen LogP contribution in [0.3, 0.4) is 0 Å². The van der Waals surface area contributed by atoms with Crippen molar-refractivity contribution in [1.29, 1.82) is 0 Å². The summed E-state index contributed by atoms with van der Waals surface area (Å²) in [4.78, 5) is 0.